The van der Waals surface area contributed by atoms with Crippen LogP contribution in [0.4, 0.5) is 0 Å². The number of carboxylic acid groups (broad SMARTS) is 2. The van der Waals surface area contributed by atoms with E-state index in [9.17, 15) is 9.59 Å². The summed E-state index contributed by atoms with van der Waals surface area (Å²) >= 11 is 0. The number of carbonyl (C=O) groups is 2. The zero-order valence-electron chi connectivity index (χ0n) is 10.7. The van der Waals surface area contributed by atoms with Crippen LogP contribution in [0.5, 0.6) is 0 Å². The molecular weight excluding hydrogens is 256 g/mol. The number of nitrogens with zero attached hydrogens (tertiary/aromatic N) is 1. The first-order chi connectivity index (χ1) is 8.81. The highest BCUT2D eigenvalue weighted by atomic mass is 16.4. The van der Waals surface area contributed by atoms with E-state index in [1.54, 1.807) is 11.9 Å². The molecule has 0 bridgehead atoms. The van der Waals surface area contributed by atoms with Crippen LogP contribution >= 0.6 is 0 Å². The highest BCUT2D eigenvalue weighted by Crippen LogP contribution is 2.14. The Morgan fingerprint density at radius 3 is 1.95 bits per heavy atom. The van der Waals surface area contributed by atoms with E-state index in [2.05, 4.69) is 5.32 Å². The Hall–Kier alpha value is -1.22. The predicted octanol–water partition coefficient (Wildman–Crippen LogP) is -2.07. The molecule has 0 aromatic carbocycles. The van der Waals surface area contributed by atoms with Gasteiger partial charge in [0.1, 0.15) is 12.1 Å². The van der Waals surface area contributed by atoms with Gasteiger partial charge in [0.2, 0.25) is 0 Å². The van der Waals surface area contributed by atoms with Crippen molar-refractivity contribution in [1.29, 1.82) is 0 Å². The van der Waals surface area contributed by atoms with Crippen LogP contribution in [-0.2, 0) is 9.59 Å². The molecule has 2 saturated heterocycles. The standard InChI is InChI=1S/C6H11NO3.C5H9NO3/c1-7-3-4(8)2-5(7)6(9)10;7-3-1-4(5(8)9)6-2-3/h4-5,8H,2-3H2,1H3,(H,9,10);3-4,6-7H,1-2H2,(H,8,9)/t4-,5?;3-,4?/m11/s1. The van der Waals surface area contributed by atoms with E-state index >= 15 is 0 Å². The molecule has 0 aliphatic carbocycles. The third kappa shape index (κ3) is 4.75. The monoisotopic (exact) mass is 276 g/mol. The van der Waals surface area contributed by atoms with Gasteiger partial charge < -0.3 is 25.7 Å². The normalized spacial score (nSPS) is 34.7. The second-order valence-electron chi connectivity index (χ2n) is 4.87. The number of hydrogen-bond acceptors (Lipinski definition) is 6. The van der Waals surface area contributed by atoms with Crippen LogP contribution in [0.2, 0.25) is 0 Å². The van der Waals surface area contributed by atoms with Crippen molar-refractivity contribution in [1.82, 2.24) is 10.2 Å². The predicted molar refractivity (Wildman–Crippen MR) is 64.7 cm³/mol. The van der Waals surface area contributed by atoms with Crippen LogP contribution < -0.4 is 5.32 Å². The molecule has 2 rings (SSSR count). The Kier molecular flexibility index (Phi) is 5.67. The van der Waals surface area contributed by atoms with Crippen molar-refractivity contribution in [2.24, 2.45) is 0 Å². The van der Waals surface area contributed by atoms with E-state index in [0.717, 1.165) is 0 Å². The summed E-state index contributed by atoms with van der Waals surface area (Å²) < 4.78 is 0. The maximum absolute atomic E-state index is 10.4. The van der Waals surface area contributed by atoms with Gasteiger partial charge in [-0.25, -0.2) is 0 Å². The molecule has 0 saturated carbocycles. The van der Waals surface area contributed by atoms with Gasteiger partial charge in [-0.3, -0.25) is 14.5 Å². The van der Waals surface area contributed by atoms with Gasteiger partial charge in [0, 0.05) is 25.9 Å². The molecule has 2 aliphatic rings. The molecule has 2 aliphatic heterocycles. The maximum atomic E-state index is 10.4. The number of β-amino-alcohol motifs (C(OH)–C–C–N with tert-alkyl or cyclic N) is 2. The van der Waals surface area contributed by atoms with Crippen LogP contribution in [0.1, 0.15) is 12.8 Å². The zero-order valence-corrected chi connectivity index (χ0v) is 10.7. The quantitative estimate of drug-likeness (QED) is 0.389. The van der Waals surface area contributed by atoms with Crippen LogP contribution in [0.25, 0.3) is 0 Å². The lowest BCUT2D eigenvalue weighted by Crippen LogP contribution is -2.32. The topological polar surface area (TPSA) is 130 Å². The molecule has 5 N–H and O–H groups in total. The average molecular weight is 276 g/mol. The highest BCUT2D eigenvalue weighted by molar-refractivity contribution is 5.74. The Labute approximate surface area is 110 Å². The number of likely N-dealkylation sites (tertiary alicyclic amines) is 1. The van der Waals surface area contributed by atoms with Gasteiger partial charge in [0.15, 0.2) is 0 Å². The van der Waals surface area contributed by atoms with Gasteiger partial charge in [-0.2, -0.15) is 0 Å². The molecular formula is C11H20N2O6. The lowest BCUT2D eigenvalue weighted by Gasteiger charge is -2.12. The minimum absolute atomic E-state index is 0.329. The Bertz CT molecular complexity index is 337. The number of hydrogen-bond donors (Lipinski definition) is 5. The van der Waals surface area contributed by atoms with Crippen LogP contribution in [-0.4, -0.2) is 81.7 Å². The van der Waals surface area contributed by atoms with Crippen LogP contribution in [0, 0.1) is 0 Å². The van der Waals surface area contributed by atoms with Crippen molar-refractivity contribution >= 4 is 11.9 Å². The van der Waals surface area contributed by atoms with E-state index in [-0.39, 0.29) is 0 Å². The molecule has 0 spiro atoms. The lowest BCUT2D eigenvalue weighted by molar-refractivity contribution is -0.142. The van der Waals surface area contributed by atoms with Gasteiger partial charge in [0.25, 0.3) is 0 Å². The van der Waals surface area contributed by atoms with Crippen LogP contribution in [0.3, 0.4) is 0 Å². The number of likely N-dealkylation sites (N-methyl/N-ethyl adjacent to an activating group) is 1. The maximum Gasteiger partial charge on any atom is 0.321 e. The van der Waals surface area contributed by atoms with Crippen LogP contribution in [0.15, 0.2) is 0 Å². The molecule has 0 radical (unpaired) electrons. The zero-order chi connectivity index (χ0) is 14.6. The van der Waals surface area contributed by atoms with Crippen molar-refractivity contribution in [2.45, 2.75) is 37.1 Å². The Morgan fingerprint density at radius 1 is 1.11 bits per heavy atom. The van der Waals surface area contributed by atoms with Gasteiger partial charge in [-0.05, 0) is 7.05 Å². The number of aliphatic hydroxyl groups is 2. The highest BCUT2D eigenvalue weighted by Gasteiger charge is 2.32. The minimum Gasteiger partial charge on any atom is -0.480 e. The first-order valence-electron chi connectivity index (χ1n) is 6.06. The number of aliphatic carboxylic acids is 2. The minimum atomic E-state index is -0.883. The van der Waals surface area contributed by atoms with Crippen molar-refractivity contribution in [3.05, 3.63) is 0 Å². The SMILES string of the molecule is CN1C[C@H](O)CC1C(=O)O.O=C(O)C1C[C@@H](O)CN1. The van der Waals surface area contributed by atoms with Gasteiger partial charge in [-0.15, -0.1) is 0 Å². The molecule has 8 heteroatoms. The third-order valence-electron chi connectivity index (χ3n) is 3.22. The van der Waals surface area contributed by atoms with Crippen molar-refractivity contribution in [2.75, 3.05) is 20.1 Å². The molecule has 110 valence electrons. The molecule has 0 aromatic rings. The van der Waals surface area contributed by atoms with Crippen molar-refractivity contribution in [3.63, 3.8) is 0 Å². The summed E-state index contributed by atoms with van der Waals surface area (Å²) in [4.78, 5) is 22.2. The fourth-order valence-electron chi connectivity index (χ4n) is 2.17. The van der Waals surface area contributed by atoms with E-state index in [1.807, 2.05) is 0 Å². The van der Waals surface area contributed by atoms with Gasteiger partial charge in [-0.1, -0.05) is 0 Å². The van der Waals surface area contributed by atoms with E-state index in [1.165, 1.54) is 0 Å². The average Bonchev–Trinajstić information content (AvgIpc) is 2.85. The molecule has 4 atom stereocenters. The fraction of sp³-hybridized carbons (Fsp3) is 0.818. The molecule has 0 aromatic heterocycles. The molecule has 2 unspecified atom stereocenters. The second-order valence-corrected chi connectivity index (χ2v) is 4.87. The number of carboxylic acids is 2. The summed E-state index contributed by atoms with van der Waals surface area (Å²) in [5.41, 5.74) is 0. The summed E-state index contributed by atoms with van der Waals surface area (Å²) in [5, 5.41) is 37.4. The summed E-state index contributed by atoms with van der Waals surface area (Å²) in [6, 6.07) is -1.03. The van der Waals surface area contributed by atoms with Gasteiger partial charge in [0.05, 0.1) is 12.2 Å². The first kappa shape index (κ1) is 15.8. The molecule has 0 amide bonds. The van der Waals surface area contributed by atoms with E-state index in [4.69, 9.17) is 20.4 Å². The smallest absolute Gasteiger partial charge is 0.321 e. The summed E-state index contributed by atoms with van der Waals surface area (Å²) in [7, 11) is 1.70. The fourth-order valence-corrected chi connectivity index (χ4v) is 2.17. The largest absolute Gasteiger partial charge is 0.480 e. The molecule has 8 nitrogen and oxygen atoms in total. The first-order valence-corrected chi connectivity index (χ1v) is 6.06. The Balaban J connectivity index is 0.000000191. The van der Waals surface area contributed by atoms with E-state index < -0.39 is 36.2 Å². The number of nitrogens with one attached hydrogen (secondary N) is 1. The van der Waals surface area contributed by atoms with Crippen molar-refractivity contribution < 1.29 is 30.0 Å². The van der Waals surface area contributed by atoms with Gasteiger partial charge >= 0.3 is 11.9 Å². The van der Waals surface area contributed by atoms with Crippen molar-refractivity contribution in [3.8, 4) is 0 Å². The number of aliphatic hydroxyl groups excluding tert-OH is 2. The number of rotatable bonds is 2. The molecule has 19 heavy (non-hydrogen) atoms. The molecule has 2 heterocycles. The lowest BCUT2D eigenvalue weighted by atomic mass is 10.2. The summed E-state index contributed by atoms with van der Waals surface area (Å²) in [5.74, 6) is -1.73. The van der Waals surface area contributed by atoms with E-state index in [0.29, 0.717) is 25.9 Å². The Morgan fingerprint density at radius 2 is 1.74 bits per heavy atom. The third-order valence-corrected chi connectivity index (χ3v) is 3.22. The summed E-state index contributed by atoms with van der Waals surface area (Å²) in [6.07, 6.45) is -0.265. The second kappa shape index (κ2) is 6.80. The summed E-state index contributed by atoms with van der Waals surface area (Å²) in [6.45, 7) is 0.869. The molecule has 2 fully saturated rings.